The molecule has 2 heteroatoms. The first-order valence-corrected chi connectivity index (χ1v) is 8.27. The average Bonchev–Trinajstić information content (AvgIpc) is 2.42. The number of hydrogen-bond acceptors (Lipinski definition) is 2. The quantitative estimate of drug-likeness (QED) is 0.344. The second-order valence-corrected chi connectivity index (χ2v) is 5.33. The summed E-state index contributed by atoms with van der Waals surface area (Å²) in [6.45, 7) is 10.9. The van der Waals surface area contributed by atoms with Crippen molar-refractivity contribution in [3.63, 3.8) is 0 Å². The summed E-state index contributed by atoms with van der Waals surface area (Å²) in [5, 5.41) is 3.66. The molecule has 0 rings (SSSR count). The molecule has 1 N–H and O–H groups in total. The minimum Gasteiger partial charge on any atom is -0.380 e. The van der Waals surface area contributed by atoms with E-state index in [1.54, 1.807) is 0 Å². The van der Waals surface area contributed by atoms with Crippen LogP contribution in [0.3, 0.4) is 0 Å². The number of rotatable bonds is 15. The van der Waals surface area contributed by atoms with Crippen molar-refractivity contribution in [2.75, 3.05) is 19.8 Å². The van der Waals surface area contributed by atoms with E-state index >= 15 is 0 Å². The van der Waals surface area contributed by atoms with Gasteiger partial charge in [0.25, 0.3) is 0 Å². The molecule has 0 bridgehead atoms. The van der Waals surface area contributed by atoms with Gasteiger partial charge >= 0.3 is 0 Å². The molecule has 0 aliphatic carbocycles. The minimum absolute atomic E-state index is 0.695. The van der Waals surface area contributed by atoms with Crippen molar-refractivity contribution < 1.29 is 4.74 Å². The van der Waals surface area contributed by atoms with Gasteiger partial charge in [-0.2, -0.15) is 0 Å². The largest absolute Gasteiger partial charge is 0.380 e. The van der Waals surface area contributed by atoms with Crippen LogP contribution in [0, 0.1) is 0 Å². The molecular weight excluding hydrogens is 234 g/mol. The molecule has 0 radical (unpaired) electrons. The number of unbranched alkanes of at least 4 members (excludes halogenated alkanes) is 4. The maximum atomic E-state index is 5.54. The Morgan fingerprint density at radius 2 is 1.63 bits per heavy atom. The predicted octanol–water partition coefficient (Wildman–Crippen LogP) is 4.70. The molecule has 0 spiro atoms. The van der Waals surface area contributed by atoms with Crippen LogP contribution in [0.15, 0.2) is 12.7 Å². The van der Waals surface area contributed by atoms with Gasteiger partial charge in [0.05, 0.1) is 13.2 Å². The number of ether oxygens (including phenoxy) is 1. The topological polar surface area (TPSA) is 21.3 Å². The summed E-state index contributed by atoms with van der Waals surface area (Å²) in [7, 11) is 0. The molecule has 114 valence electrons. The summed E-state index contributed by atoms with van der Waals surface area (Å²) >= 11 is 0. The smallest absolute Gasteiger partial charge is 0.0591 e. The molecule has 2 nitrogen and oxygen atoms in total. The highest BCUT2D eigenvalue weighted by molar-refractivity contribution is 4.68. The summed E-state index contributed by atoms with van der Waals surface area (Å²) < 4.78 is 5.54. The van der Waals surface area contributed by atoms with Crippen molar-refractivity contribution in [2.24, 2.45) is 0 Å². The Balaban J connectivity index is 3.61. The van der Waals surface area contributed by atoms with Gasteiger partial charge in [-0.3, -0.25) is 0 Å². The third-order valence-electron chi connectivity index (χ3n) is 3.46. The van der Waals surface area contributed by atoms with Crippen LogP contribution in [-0.4, -0.2) is 25.8 Å². The Morgan fingerprint density at radius 1 is 1.00 bits per heavy atom. The lowest BCUT2D eigenvalue weighted by molar-refractivity contribution is 0.137. The second-order valence-electron chi connectivity index (χ2n) is 5.33. The van der Waals surface area contributed by atoms with E-state index < -0.39 is 0 Å². The summed E-state index contributed by atoms with van der Waals surface area (Å²) in [5.74, 6) is 0. The van der Waals surface area contributed by atoms with Crippen LogP contribution >= 0.6 is 0 Å². The minimum atomic E-state index is 0.695. The van der Waals surface area contributed by atoms with Gasteiger partial charge in [0.1, 0.15) is 0 Å². The maximum Gasteiger partial charge on any atom is 0.0591 e. The molecule has 0 aromatic rings. The van der Waals surface area contributed by atoms with Crippen molar-refractivity contribution in [3.05, 3.63) is 12.7 Å². The van der Waals surface area contributed by atoms with Crippen LogP contribution in [0.25, 0.3) is 0 Å². The van der Waals surface area contributed by atoms with Crippen molar-refractivity contribution in [1.29, 1.82) is 0 Å². The van der Waals surface area contributed by atoms with Gasteiger partial charge in [-0.15, -0.1) is 6.58 Å². The first kappa shape index (κ1) is 18.7. The molecule has 0 unspecified atom stereocenters. The number of hydrogen-bond donors (Lipinski definition) is 1. The van der Waals surface area contributed by atoms with Crippen molar-refractivity contribution >= 4 is 0 Å². The van der Waals surface area contributed by atoms with Gasteiger partial charge in [0.2, 0.25) is 0 Å². The van der Waals surface area contributed by atoms with Gasteiger partial charge in [-0.25, -0.2) is 0 Å². The summed E-state index contributed by atoms with van der Waals surface area (Å²) in [5.41, 5.74) is 0. The molecule has 0 aromatic carbocycles. The Morgan fingerprint density at radius 3 is 2.16 bits per heavy atom. The molecule has 0 amide bonds. The third kappa shape index (κ3) is 13.9. The zero-order chi connectivity index (χ0) is 14.2. The second kappa shape index (κ2) is 15.7. The van der Waals surface area contributed by atoms with Gasteiger partial charge in [0, 0.05) is 12.6 Å². The van der Waals surface area contributed by atoms with Crippen LogP contribution in [0.4, 0.5) is 0 Å². The van der Waals surface area contributed by atoms with E-state index in [4.69, 9.17) is 4.74 Å². The van der Waals surface area contributed by atoms with Crippen LogP contribution in [-0.2, 0) is 4.74 Å². The zero-order valence-electron chi connectivity index (χ0n) is 13.3. The SMILES string of the molecule is C=CCCOCCNC(CCCCC)CCCCC. The fourth-order valence-corrected chi connectivity index (χ4v) is 2.23. The van der Waals surface area contributed by atoms with Crippen molar-refractivity contribution in [1.82, 2.24) is 5.32 Å². The van der Waals surface area contributed by atoms with Crippen LogP contribution in [0.2, 0.25) is 0 Å². The number of nitrogens with one attached hydrogen (secondary N) is 1. The van der Waals surface area contributed by atoms with Crippen molar-refractivity contribution in [2.45, 2.75) is 77.7 Å². The Kier molecular flexibility index (Phi) is 15.4. The Bertz CT molecular complexity index is 172. The molecule has 0 aliphatic heterocycles. The fourth-order valence-electron chi connectivity index (χ4n) is 2.23. The van der Waals surface area contributed by atoms with Gasteiger partial charge < -0.3 is 10.1 Å². The predicted molar refractivity (Wildman–Crippen MR) is 85.7 cm³/mol. The highest BCUT2D eigenvalue weighted by Gasteiger charge is 2.06. The lowest BCUT2D eigenvalue weighted by atomic mass is 10.0. The van der Waals surface area contributed by atoms with E-state index in [1.165, 1.54) is 51.4 Å². The molecule has 19 heavy (non-hydrogen) atoms. The molecule has 0 atom stereocenters. The Labute approximate surface area is 121 Å². The highest BCUT2D eigenvalue weighted by atomic mass is 16.5. The molecular formula is C17H35NO. The van der Waals surface area contributed by atoms with E-state index in [0.717, 1.165) is 26.2 Å². The molecule has 0 saturated carbocycles. The standard InChI is InChI=1S/C17H35NO/c1-4-7-10-12-17(13-11-8-5-2)18-14-16-19-15-9-6-3/h6,17-18H,3-5,7-16H2,1-2H3. The molecule has 0 aliphatic rings. The van der Waals surface area contributed by atoms with E-state index in [0.29, 0.717) is 6.04 Å². The van der Waals surface area contributed by atoms with Gasteiger partial charge in [-0.05, 0) is 19.3 Å². The van der Waals surface area contributed by atoms with Gasteiger partial charge in [0.15, 0.2) is 0 Å². The van der Waals surface area contributed by atoms with E-state index in [9.17, 15) is 0 Å². The van der Waals surface area contributed by atoms with Crippen LogP contribution in [0.1, 0.15) is 71.6 Å². The third-order valence-corrected chi connectivity index (χ3v) is 3.46. The normalized spacial score (nSPS) is 11.1. The molecule has 0 fully saturated rings. The van der Waals surface area contributed by atoms with Gasteiger partial charge in [-0.1, -0.05) is 58.4 Å². The summed E-state index contributed by atoms with van der Waals surface area (Å²) in [6, 6.07) is 0.695. The lowest BCUT2D eigenvalue weighted by Gasteiger charge is -2.18. The van der Waals surface area contributed by atoms with Crippen molar-refractivity contribution in [3.8, 4) is 0 Å². The van der Waals surface area contributed by atoms with Crippen LogP contribution in [0.5, 0.6) is 0 Å². The average molecular weight is 269 g/mol. The zero-order valence-corrected chi connectivity index (χ0v) is 13.3. The first-order chi connectivity index (χ1) is 9.35. The first-order valence-electron chi connectivity index (χ1n) is 8.27. The molecule has 0 aromatic heterocycles. The fraction of sp³-hybridized carbons (Fsp3) is 0.882. The van der Waals surface area contributed by atoms with Crippen LogP contribution < -0.4 is 5.32 Å². The molecule has 0 heterocycles. The monoisotopic (exact) mass is 269 g/mol. The highest BCUT2D eigenvalue weighted by Crippen LogP contribution is 2.10. The lowest BCUT2D eigenvalue weighted by Crippen LogP contribution is -2.32. The van der Waals surface area contributed by atoms with E-state index in [-0.39, 0.29) is 0 Å². The van der Waals surface area contributed by atoms with E-state index in [1.807, 2.05) is 6.08 Å². The molecule has 0 saturated heterocycles. The maximum absolute atomic E-state index is 5.54. The summed E-state index contributed by atoms with van der Waals surface area (Å²) in [4.78, 5) is 0. The van der Waals surface area contributed by atoms with E-state index in [2.05, 4.69) is 25.7 Å². The summed E-state index contributed by atoms with van der Waals surface area (Å²) in [6.07, 6.45) is 13.6. The Hall–Kier alpha value is -0.340.